The van der Waals surface area contributed by atoms with Crippen LogP contribution in [0, 0.1) is 11.8 Å². The van der Waals surface area contributed by atoms with Gasteiger partial charge in [-0.3, -0.25) is 0 Å². The van der Waals surface area contributed by atoms with Gasteiger partial charge in [0.2, 0.25) is 0 Å². The molecule has 1 aromatic rings. The largest absolute Gasteiger partial charge is 0.497 e. The van der Waals surface area contributed by atoms with Crippen molar-refractivity contribution in [3.63, 3.8) is 0 Å². The van der Waals surface area contributed by atoms with E-state index in [1.165, 1.54) is 37.7 Å². The first-order valence-electron chi connectivity index (χ1n) is 7.97. The van der Waals surface area contributed by atoms with Crippen molar-refractivity contribution in [2.24, 2.45) is 17.6 Å². The second-order valence-electron chi connectivity index (χ2n) is 6.66. The van der Waals surface area contributed by atoms with E-state index in [0.29, 0.717) is 5.92 Å². The molecule has 0 spiro atoms. The third-order valence-corrected chi connectivity index (χ3v) is 5.10. The molecule has 0 heterocycles. The lowest BCUT2D eigenvalue weighted by Gasteiger charge is -2.39. The van der Waals surface area contributed by atoms with Gasteiger partial charge in [0.15, 0.2) is 0 Å². The number of hydrogen-bond acceptors (Lipinski definition) is 2. The summed E-state index contributed by atoms with van der Waals surface area (Å²) >= 11 is 0. The highest BCUT2D eigenvalue weighted by atomic mass is 16.5. The summed E-state index contributed by atoms with van der Waals surface area (Å²) in [4.78, 5) is 0. The average Bonchev–Trinajstić information content (AvgIpc) is 2.48. The van der Waals surface area contributed by atoms with E-state index in [0.717, 1.165) is 18.1 Å². The highest BCUT2D eigenvalue weighted by Gasteiger charge is 2.33. The summed E-state index contributed by atoms with van der Waals surface area (Å²) in [5, 5.41) is 0. The van der Waals surface area contributed by atoms with Gasteiger partial charge < -0.3 is 10.5 Å². The lowest BCUT2D eigenvalue weighted by Crippen LogP contribution is -2.47. The van der Waals surface area contributed by atoms with E-state index in [2.05, 4.69) is 26.0 Å². The zero-order chi connectivity index (χ0) is 14.6. The van der Waals surface area contributed by atoms with Crippen LogP contribution in [0.15, 0.2) is 24.3 Å². The Morgan fingerprint density at radius 3 is 2.25 bits per heavy atom. The average molecular weight is 275 g/mol. The van der Waals surface area contributed by atoms with Crippen LogP contribution < -0.4 is 10.5 Å². The molecule has 1 unspecified atom stereocenters. The second kappa shape index (κ2) is 6.62. The third-order valence-electron chi connectivity index (χ3n) is 5.10. The maximum absolute atomic E-state index is 6.65. The first kappa shape index (κ1) is 15.4. The molecular formula is C18H29NO. The van der Waals surface area contributed by atoms with Gasteiger partial charge in [-0.1, -0.05) is 38.3 Å². The lowest BCUT2D eigenvalue weighted by molar-refractivity contribution is 0.182. The maximum Gasteiger partial charge on any atom is 0.118 e. The quantitative estimate of drug-likeness (QED) is 0.875. The monoisotopic (exact) mass is 275 g/mol. The minimum absolute atomic E-state index is 0.0900. The number of rotatable bonds is 5. The Morgan fingerprint density at radius 2 is 1.75 bits per heavy atom. The van der Waals surface area contributed by atoms with E-state index in [-0.39, 0.29) is 5.54 Å². The van der Waals surface area contributed by atoms with Crippen LogP contribution in [0.3, 0.4) is 0 Å². The van der Waals surface area contributed by atoms with Crippen LogP contribution in [0.5, 0.6) is 5.75 Å². The van der Waals surface area contributed by atoms with E-state index >= 15 is 0 Å². The van der Waals surface area contributed by atoms with Crippen LogP contribution >= 0.6 is 0 Å². The molecule has 0 radical (unpaired) electrons. The predicted molar refractivity (Wildman–Crippen MR) is 85.0 cm³/mol. The predicted octanol–water partition coefficient (Wildman–Crippen LogP) is 4.17. The Hall–Kier alpha value is -1.02. The molecule has 20 heavy (non-hydrogen) atoms. The SMILES string of the molecule is CCC1CCC(C(C)(N)Cc2ccc(OC)cc2)CC1. The molecule has 0 saturated heterocycles. The standard InChI is InChI=1S/C18H29NO/c1-4-14-5-9-16(10-6-14)18(2,19)13-15-7-11-17(20-3)12-8-15/h7-8,11-12,14,16H,4-6,9-10,13,19H2,1-3H3. The van der Waals surface area contributed by atoms with Crippen LogP contribution in [0.4, 0.5) is 0 Å². The molecule has 1 fully saturated rings. The third kappa shape index (κ3) is 3.76. The van der Waals surface area contributed by atoms with Crippen molar-refractivity contribution in [1.82, 2.24) is 0 Å². The molecular weight excluding hydrogens is 246 g/mol. The second-order valence-corrected chi connectivity index (χ2v) is 6.66. The summed E-state index contributed by atoms with van der Waals surface area (Å²) in [6.07, 6.45) is 7.58. The normalized spacial score (nSPS) is 26.0. The van der Waals surface area contributed by atoms with E-state index in [1.54, 1.807) is 7.11 Å². The summed E-state index contributed by atoms with van der Waals surface area (Å²) < 4.78 is 5.21. The van der Waals surface area contributed by atoms with Gasteiger partial charge in [-0.25, -0.2) is 0 Å². The Balaban J connectivity index is 1.95. The number of methoxy groups -OCH3 is 1. The molecule has 2 rings (SSSR count). The molecule has 1 atom stereocenters. The van der Waals surface area contributed by atoms with Crippen LogP contribution in [-0.2, 0) is 6.42 Å². The van der Waals surface area contributed by atoms with Crippen LogP contribution in [0.1, 0.15) is 51.5 Å². The van der Waals surface area contributed by atoms with Crippen molar-refractivity contribution >= 4 is 0 Å². The van der Waals surface area contributed by atoms with Crippen molar-refractivity contribution in [3.8, 4) is 5.75 Å². The fourth-order valence-electron chi connectivity index (χ4n) is 3.56. The first-order chi connectivity index (χ1) is 9.55. The summed E-state index contributed by atoms with van der Waals surface area (Å²) in [6, 6.07) is 8.34. The molecule has 2 N–H and O–H groups in total. The summed E-state index contributed by atoms with van der Waals surface area (Å²) in [5.74, 6) is 2.51. The topological polar surface area (TPSA) is 35.2 Å². The fraction of sp³-hybridized carbons (Fsp3) is 0.667. The summed E-state index contributed by atoms with van der Waals surface area (Å²) in [5.41, 5.74) is 7.87. The first-order valence-corrected chi connectivity index (χ1v) is 7.97. The highest BCUT2D eigenvalue weighted by Crippen LogP contribution is 2.37. The van der Waals surface area contributed by atoms with Crippen molar-refractivity contribution in [1.29, 1.82) is 0 Å². The van der Waals surface area contributed by atoms with Gasteiger partial charge in [-0.15, -0.1) is 0 Å². The van der Waals surface area contributed by atoms with Crippen molar-refractivity contribution in [3.05, 3.63) is 29.8 Å². The van der Waals surface area contributed by atoms with Crippen LogP contribution in [0.2, 0.25) is 0 Å². The Bertz CT molecular complexity index is 402. The van der Waals surface area contributed by atoms with Gasteiger partial charge in [0.25, 0.3) is 0 Å². The van der Waals surface area contributed by atoms with Gasteiger partial charge in [-0.05, 0) is 55.7 Å². The minimum Gasteiger partial charge on any atom is -0.497 e. The number of benzene rings is 1. The fourth-order valence-corrected chi connectivity index (χ4v) is 3.56. The molecule has 2 nitrogen and oxygen atoms in total. The van der Waals surface area contributed by atoms with Crippen LogP contribution in [0.25, 0.3) is 0 Å². The smallest absolute Gasteiger partial charge is 0.118 e. The van der Waals surface area contributed by atoms with Gasteiger partial charge in [0.05, 0.1) is 7.11 Å². The molecule has 0 bridgehead atoms. The Morgan fingerprint density at radius 1 is 1.15 bits per heavy atom. The number of hydrogen-bond donors (Lipinski definition) is 1. The molecule has 1 aliphatic carbocycles. The summed E-state index contributed by atoms with van der Waals surface area (Å²) in [6.45, 7) is 4.54. The molecule has 1 aromatic carbocycles. The van der Waals surface area contributed by atoms with Crippen molar-refractivity contribution in [2.45, 2.75) is 57.9 Å². The molecule has 0 aromatic heterocycles. The highest BCUT2D eigenvalue weighted by molar-refractivity contribution is 5.28. The lowest BCUT2D eigenvalue weighted by atomic mass is 9.70. The van der Waals surface area contributed by atoms with E-state index in [4.69, 9.17) is 10.5 Å². The van der Waals surface area contributed by atoms with Gasteiger partial charge in [-0.2, -0.15) is 0 Å². The van der Waals surface area contributed by atoms with Gasteiger partial charge in [0.1, 0.15) is 5.75 Å². The molecule has 0 aliphatic heterocycles. The number of ether oxygens (including phenoxy) is 1. The van der Waals surface area contributed by atoms with Gasteiger partial charge >= 0.3 is 0 Å². The minimum atomic E-state index is -0.0900. The molecule has 1 saturated carbocycles. The molecule has 2 heteroatoms. The maximum atomic E-state index is 6.65. The van der Waals surface area contributed by atoms with Crippen molar-refractivity contribution < 1.29 is 4.74 Å². The van der Waals surface area contributed by atoms with E-state index < -0.39 is 0 Å². The number of nitrogens with two attached hydrogens (primary N) is 1. The molecule has 112 valence electrons. The summed E-state index contributed by atoms with van der Waals surface area (Å²) in [7, 11) is 1.70. The van der Waals surface area contributed by atoms with Crippen molar-refractivity contribution in [2.75, 3.05) is 7.11 Å². The van der Waals surface area contributed by atoms with Gasteiger partial charge in [0, 0.05) is 5.54 Å². The molecule has 0 amide bonds. The van der Waals surface area contributed by atoms with Crippen LogP contribution in [-0.4, -0.2) is 12.6 Å². The Labute approximate surface area is 123 Å². The van der Waals surface area contributed by atoms with E-state index in [9.17, 15) is 0 Å². The zero-order valence-electron chi connectivity index (χ0n) is 13.2. The molecule has 1 aliphatic rings. The zero-order valence-corrected chi connectivity index (χ0v) is 13.2. The Kier molecular flexibility index (Phi) is 5.09. The van der Waals surface area contributed by atoms with E-state index in [1.807, 2.05) is 12.1 Å².